The second-order valence-corrected chi connectivity index (χ2v) is 8.83. The smallest absolute Gasteiger partial charge is 0.241 e. The highest BCUT2D eigenvalue weighted by Crippen LogP contribution is 2.36. The summed E-state index contributed by atoms with van der Waals surface area (Å²) in [6, 6.07) is 2.44. The fraction of sp³-hybridized carbons (Fsp3) is 0.714. The van der Waals surface area contributed by atoms with Gasteiger partial charge in [-0.2, -0.15) is 0 Å². The van der Waals surface area contributed by atoms with E-state index >= 15 is 0 Å². The molecular weight excluding hydrogens is 292 g/mol. The average Bonchev–Trinajstić information content (AvgIpc) is 3.33. The van der Waals surface area contributed by atoms with Crippen molar-refractivity contribution in [2.24, 2.45) is 11.8 Å². The lowest BCUT2D eigenvalue weighted by Crippen LogP contribution is -2.28. The minimum atomic E-state index is -3.33. The Kier molecular flexibility index (Phi) is 4.17. The van der Waals surface area contributed by atoms with Crippen LogP contribution in [0.2, 0.25) is 0 Å². The van der Waals surface area contributed by atoms with Gasteiger partial charge in [-0.05, 0) is 43.6 Å². The molecule has 0 aliphatic heterocycles. The molecule has 2 aliphatic carbocycles. The lowest BCUT2D eigenvalue weighted by molar-refractivity contribution is 0.492. The zero-order chi connectivity index (χ0) is 14.2. The van der Waals surface area contributed by atoms with Gasteiger partial charge in [0.1, 0.15) is 0 Å². The van der Waals surface area contributed by atoms with E-state index in [1.54, 1.807) is 11.4 Å². The van der Waals surface area contributed by atoms with Crippen LogP contribution >= 0.6 is 11.3 Å². The molecule has 4 nitrogen and oxygen atoms in total. The average molecular weight is 314 g/mol. The van der Waals surface area contributed by atoms with E-state index in [1.807, 2.05) is 0 Å². The Morgan fingerprint density at radius 3 is 2.75 bits per heavy atom. The third kappa shape index (κ3) is 3.81. The number of hydrogen-bond donors (Lipinski definition) is 2. The first kappa shape index (κ1) is 14.5. The fourth-order valence-corrected chi connectivity index (χ4v) is 4.65. The molecule has 1 aromatic heterocycles. The maximum Gasteiger partial charge on any atom is 0.241 e. The Labute approximate surface area is 125 Å². The molecule has 0 spiro atoms. The number of rotatable bonds is 8. The first-order valence-electron chi connectivity index (χ1n) is 7.35. The van der Waals surface area contributed by atoms with Crippen molar-refractivity contribution in [1.29, 1.82) is 0 Å². The number of sulfonamides is 1. The SMILES string of the molecule is CC(CNS(=O)(=O)c1csc(CNC2CC2)c1)C1CC1. The molecule has 0 amide bonds. The van der Waals surface area contributed by atoms with Gasteiger partial charge in [-0.3, -0.25) is 0 Å². The van der Waals surface area contributed by atoms with Gasteiger partial charge in [0, 0.05) is 29.4 Å². The van der Waals surface area contributed by atoms with Gasteiger partial charge in [0.25, 0.3) is 0 Å². The quantitative estimate of drug-likeness (QED) is 0.774. The lowest BCUT2D eigenvalue weighted by Gasteiger charge is -2.10. The van der Waals surface area contributed by atoms with Gasteiger partial charge in [0.05, 0.1) is 4.90 Å². The van der Waals surface area contributed by atoms with Crippen LogP contribution in [0.15, 0.2) is 16.3 Å². The zero-order valence-corrected chi connectivity index (χ0v) is 13.4. The molecule has 1 atom stereocenters. The Morgan fingerprint density at radius 2 is 2.10 bits per heavy atom. The topological polar surface area (TPSA) is 58.2 Å². The molecule has 1 unspecified atom stereocenters. The van der Waals surface area contributed by atoms with Crippen LogP contribution in [0.1, 0.15) is 37.5 Å². The molecule has 112 valence electrons. The van der Waals surface area contributed by atoms with Crippen LogP contribution in [0, 0.1) is 11.8 Å². The summed E-state index contributed by atoms with van der Waals surface area (Å²) in [6.07, 6.45) is 4.99. The van der Waals surface area contributed by atoms with Gasteiger partial charge < -0.3 is 5.32 Å². The third-order valence-corrected chi connectivity index (χ3v) is 6.59. The first-order valence-corrected chi connectivity index (χ1v) is 9.71. The standard InChI is InChI=1S/C14H22N2O2S2/c1-10(11-2-3-11)7-16-20(17,18)14-6-13(19-9-14)8-15-12-4-5-12/h6,9-12,15-16H,2-5,7-8H2,1H3. The molecule has 6 heteroatoms. The Balaban J connectivity index is 1.55. The molecule has 3 rings (SSSR count). The van der Waals surface area contributed by atoms with Crippen molar-refractivity contribution < 1.29 is 8.42 Å². The van der Waals surface area contributed by atoms with Gasteiger partial charge in [0.2, 0.25) is 10.0 Å². The second-order valence-electron chi connectivity index (χ2n) is 6.07. The van der Waals surface area contributed by atoms with E-state index in [0.717, 1.165) is 17.3 Å². The molecule has 0 bridgehead atoms. The van der Waals surface area contributed by atoms with E-state index in [1.165, 1.54) is 37.0 Å². The van der Waals surface area contributed by atoms with Crippen molar-refractivity contribution >= 4 is 21.4 Å². The van der Waals surface area contributed by atoms with E-state index in [2.05, 4.69) is 17.0 Å². The van der Waals surface area contributed by atoms with Crippen LogP contribution < -0.4 is 10.0 Å². The summed E-state index contributed by atoms with van der Waals surface area (Å²) < 4.78 is 27.2. The predicted molar refractivity (Wildman–Crippen MR) is 81.3 cm³/mol. The Bertz CT molecular complexity index is 559. The van der Waals surface area contributed by atoms with Crippen molar-refractivity contribution in [2.45, 2.75) is 50.1 Å². The zero-order valence-electron chi connectivity index (χ0n) is 11.8. The molecule has 2 saturated carbocycles. The molecule has 1 aromatic rings. The summed E-state index contributed by atoms with van der Waals surface area (Å²) in [5.41, 5.74) is 0. The van der Waals surface area contributed by atoms with Crippen LogP contribution in [0.3, 0.4) is 0 Å². The fourth-order valence-electron chi connectivity index (χ4n) is 2.28. The summed E-state index contributed by atoms with van der Waals surface area (Å²) in [7, 11) is -3.33. The van der Waals surface area contributed by atoms with Gasteiger partial charge in [-0.25, -0.2) is 13.1 Å². The van der Waals surface area contributed by atoms with E-state index in [4.69, 9.17) is 0 Å². The van der Waals surface area contributed by atoms with Crippen molar-refractivity contribution in [3.63, 3.8) is 0 Å². The predicted octanol–water partition coefficient (Wildman–Crippen LogP) is 2.32. The summed E-state index contributed by atoms with van der Waals surface area (Å²) in [4.78, 5) is 1.51. The van der Waals surface area contributed by atoms with E-state index in [9.17, 15) is 8.42 Å². The molecule has 0 radical (unpaired) electrons. The third-order valence-electron chi connectivity index (χ3n) is 4.10. The lowest BCUT2D eigenvalue weighted by atomic mass is 10.1. The molecule has 0 saturated heterocycles. The maximum absolute atomic E-state index is 12.2. The largest absolute Gasteiger partial charge is 0.309 e. The molecule has 2 N–H and O–H groups in total. The molecule has 0 aromatic carbocycles. The van der Waals surface area contributed by atoms with Crippen molar-refractivity contribution in [3.8, 4) is 0 Å². The molecule has 2 aliphatic rings. The number of thiophene rings is 1. The van der Waals surface area contributed by atoms with Gasteiger partial charge in [0.15, 0.2) is 0 Å². The van der Waals surface area contributed by atoms with Gasteiger partial charge in [-0.1, -0.05) is 6.92 Å². The second kappa shape index (κ2) is 5.75. The van der Waals surface area contributed by atoms with Crippen LogP contribution in [-0.4, -0.2) is 21.0 Å². The van der Waals surface area contributed by atoms with E-state index < -0.39 is 10.0 Å². The van der Waals surface area contributed by atoms with E-state index in [-0.39, 0.29) is 0 Å². The van der Waals surface area contributed by atoms with Gasteiger partial charge in [-0.15, -0.1) is 11.3 Å². The van der Waals surface area contributed by atoms with Crippen LogP contribution in [0.25, 0.3) is 0 Å². The molecule has 1 heterocycles. The summed E-state index contributed by atoms with van der Waals surface area (Å²) in [5.74, 6) is 1.16. The number of nitrogens with one attached hydrogen (secondary N) is 2. The molecule has 20 heavy (non-hydrogen) atoms. The van der Waals surface area contributed by atoms with Gasteiger partial charge >= 0.3 is 0 Å². The van der Waals surface area contributed by atoms with Crippen LogP contribution in [0.4, 0.5) is 0 Å². The summed E-state index contributed by atoms with van der Waals surface area (Å²) in [6.45, 7) is 3.46. The number of hydrogen-bond acceptors (Lipinski definition) is 4. The maximum atomic E-state index is 12.2. The van der Waals surface area contributed by atoms with Crippen LogP contribution in [0.5, 0.6) is 0 Å². The Hall–Kier alpha value is -0.430. The summed E-state index contributed by atoms with van der Waals surface area (Å²) in [5, 5.41) is 5.15. The highest BCUT2D eigenvalue weighted by molar-refractivity contribution is 7.89. The molecule has 2 fully saturated rings. The van der Waals surface area contributed by atoms with Crippen LogP contribution in [-0.2, 0) is 16.6 Å². The van der Waals surface area contributed by atoms with Crippen molar-refractivity contribution in [3.05, 3.63) is 16.3 Å². The van der Waals surface area contributed by atoms with Crippen molar-refractivity contribution in [2.75, 3.05) is 6.54 Å². The highest BCUT2D eigenvalue weighted by atomic mass is 32.2. The van der Waals surface area contributed by atoms with Crippen molar-refractivity contribution in [1.82, 2.24) is 10.0 Å². The summed E-state index contributed by atoms with van der Waals surface area (Å²) >= 11 is 1.52. The minimum absolute atomic E-state index is 0.415. The monoisotopic (exact) mass is 314 g/mol. The molecular formula is C14H22N2O2S2. The van der Waals surface area contributed by atoms with E-state index in [0.29, 0.717) is 23.4 Å². The minimum Gasteiger partial charge on any atom is -0.309 e. The highest BCUT2D eigenvalue weighted by Gasteiger charge is 2.29. The Morgan fingerprint density at radius 1 is 1.35 bits per heavy atom. The normalized spacial score (nSPS) is 21.1. The first-order chi connectivity index (χ1) is 9.54.